The summed E-state index contributed by atoms with van der Waals surface area (Å²) >= 11 is 0. The molecule has 1 heterocycles. The fraction of sp³-hybridized carbons (Fsp3) is 0.500. The molecule has 4 N–H and O–H groups in total. The Kier molecular flexibility index (Phi) is 4.09. The summed E-state index contributed by atoms with van der Waals surface area (Å²) in [5.41, 5.74) is 2.38. The summed E-state index contributed by atoms with van der Waals surface area (Å²) in [6.07, 6.45) is 1.62. The number of aliphatic hydroxyl groups is 1. The highest BCUT2D eigenvalue weighted by Crippen LogP contribution is 2.10. The molecule has 6 nitrogen and oxygen atoms in total. The Morgan fingerprint density at radius 1 is 1.64 bits per heavy atom. The van der Waals surface area contributed by atoms with Crippen LogP contribution in [-0.4, -0.2) is 34.8 Å². The molecule has 0 radical (unpaired) electrons. The van der Waals surface area contributed by atoms with Gasteiger partial charge in [-0.05, 0) is 13.0 Å². The predicted molar refractivity (Wildman–Crippen MR) is 54.8 cm³/mol. The summed E-state index contributed by atoms with van der Waals surface area (Å²) in [5.74, 6) is 6.32. The minimum Gasteiger partial charge on any atom is -0.395 e. The maximum absolute atomic E-state index is 8.83. The van der Waals surface area contributed by atoms with Crippen molar-refractivity contribution < 1.29 is 5.11 Å². The van der Waals surface area contributed by atoms with Crippen LogP contribution in [0.3, 0.4) is 0 Å². The van der Waals surface area contributed by atoms with Crippen LogP contribution in [0.4, 0.5) is 11.8 Å². The SMILES string of the molecule is CCN(CCO)c1ccnc(NN)n1. The van der Waals surface area contributed by atoms with Crippen molar-refractivity contribution in [2.24, 2.45) is 5.84 Å². The minimum absolute atomic E-state index is 0.100. The molecule has 0 bridgehead atoms. The largest absolute Gasteiger partial charge is 0.395 e. The normalized spacial score (nSPS) is 9.93. The first kappa shape index (κ1) is 10.7. The summed E-state index contributed by atoms with van der Waals surface area (Å²) in [6.45, 7) is 3.43. The lowest BCUT2D eigenvalue weighted by molar-refractivity contribution is 0.302. The number of hydrazine groups is 1. The van der Waals surface area contributed by atoms with Crippen molar-refractivity contribution in [2.45, 2.75) is 6.92 Å². The molecule has 0 spiro atoms. The van der Waals surface area contributed by atoms with Gasteiger partial charge in [-0.15, -0.1) is 0 Å². The van der Waals surface area contributed by atoms with Crippen molar-refractivity contribution in [3.05, 3.63) is 12.3 Å². The fourth-order valence-corrected chi connectivity index (χ4v) is 1.15. The number of nitrogens with one attached hydrogen (secondary N) is 1. The van der Waals surface area contributed by atoms with Crippen LogP contribution in [0.25, 0.3) is 0 Å². The molecule has 14 heavy (non-hydrogen) atoms. The molecule has 1 rings (SSSR count). The van der Waals surface area contributed by atoms with Gasteiger partial charge in [-0.25, -0.2) is 10.8 Å². The van der Waals surface area contributed by atoms with Gasteiger partial charge in [0.25, 0.3) is 0 Å². The molecule has 6 heteroatoms. The van der Waals surface area contributed by atoms with Gasteiger partial charge in [0.15, 0.2) is 0 Å². The van der Waals surface area contributed by atoms with Crippen LogP contribution < -0.4 is 16.2 Å². The molecular weight excluding hydrogens is 182 g/mol. The highest BCUT2D eigenvalue weighted by atomic mass is 16.3. The van der Waals surface area contributed by atoms with Gasteiger partial charge >= 0.3 is 0 Å². The van der Waals surface area contributed by atoms with Gasteiger partial charge in [0, 0.05) is 19.3 Å². The topological polar surface area (TPSA) is 87.3 Å². The molecule has 0 aromatic carbocycles. The molecule has 0 amide bonds. The van der Waals surface area contributed by atoms with Gasteiger partial charge < -0.3 is 10.0 Å². The molecule has 0 unspecified atom stereocenters. The number of likely N-dealkylation sites (N-methyl/N-ethyl adjacent to an activating group) is 1. The van der Waals surface area contributed by atoms with Crippen molar-refractivity contribution in [1.82, 2.24) is 9.97 Å². The number of nitrogens with two attached hydrogens (primary N) is 1. The van der Waals surface area contributed by atoms with Crippen LogP contribution in [0.2, 0.25) is 0 Å². The van der Waals surface area contributed by atoms with Crippen LogP contribution in [-0.2, 0) is 0 Å². The smallest absolute Gasteiger partial charge is 0.239 e. The molecule has 0 aliphatic carbocycles. The standard InChI is InChI=1S/C8H15N5O/c1-2-13(5-6-14)7-3-4-10-8(11-7)12-9/h3-4,14H,2,5-6,9H2,1H3,(H,10,11,12). The summed E-state index contributed by atoms with van der Waals surface area (Å²) in [5, 5.41) is 8.83. The maximum Gasteiger partial charge on any atom is 0.239 e. The Hall–Kier alpha value is -1.40. The van der Waals surface area contributed by atoms with Gasteiger partial charge in [0.1, 0.15) is 5.82 Å². The first-order valence-corrected chi connectivity index (χ1v) is 4.47. The van der Waals surface area contributed by atoms with Crippen LogP contribution in [0, 0.1) is 0 Å². The van der Waals surface area contributed by atoms with Gasteiger partial charge in [-0.3, -0.25) is 5.43 Å². The average Bonchev–Trinajstić information content (AvgIpc) is 2.26. The molecule has 0 fully saturated rings. The number of aromatic nitrogens is 2. The van der Waals surface area contributed by atoms with Crippen LogP contribution in [0.5, 0.6) is 0 Å². The number of aliphatic hydroxyl groups excluding tert-OH is 1. The lowest BCUT2D eigenvalue weighted by atomic mass is 10.4. The average molecular weight is 197 g/mol. The number of nitrogens with zero attached hydrogens (tertiary/aromatic N) is 3. The van der Waals surface area contributed by atoms with Crippen LogP contribution in [0.15, 0.2) is 12.3 Å². The van der Waals surface area contributed by atoms with E-state index in [4.69, 9.17) is 10.9 Å². The Morgan fingerprint density at radius 3 is 3.00 bits per heavy atom. The van der Waals surface area contributed by atoms with E-state index < -0.39 is 0 Å². The first-order chi connectivity index (χ1) is 6.81. The van der Waals surface area contributed by atoms with Crippen molar-refractivity contribution in [2.75, 3.05) is 30.0 Å². The van der Waals surface area contributed by atoms with Gasteiger partial charge in [-0.2, -0.15) is 4.98 Å². The molecule has 0 saturated carbocycles. The molecular formula is C8H15N5O. The Labute approximate surface area is 82.7 Å². The second-order valence-electron chi connectivity index (χ2n) is 2.69. The molecule has 1 aromatic heterocycles. The van der Waals surface area contributed by atoms with Gasteiger partial charge in [0.2, 0.25) is 5.95 Å². The van der Waals surface area contributed by atoms with E-state index in [1.807, 2.05) is 11.8 Å². The van der Waals surface area contributed by atoms with E-state index in [1.54, 1.807) is 12.3 Å². The van der Waals surface area contributed by atoms with Crippen molar-refractivity contribution >= 4 is 11.8 Å². The molecule has 0 aliphatic rings. The van der Waals surface area contributed by atoms with Gasteiger partial charge in [-0.1, -0.05) is 0 Å². The summed E-state index contributed by atoms with van der Waals surface area (Å²) in [4.78, 5) is 9.98. The highest BCUT2D eigenvalue weighted by Gasteiger charge is 2.05. The Bertz CT molecular complexity index is 280. The number of hydrogen-bond donors (Lipinski definition) is 3. The van der Waals surface area contributed by atoms with Crippen molar-refractivity contribution in [3.8, 4) is 0 Å². The molecule has 0 atom stereocenters. The molecule has 0 saturated heterocycles. The summed E-state index contributed by atoms with van der Waals surface area (Å²) in [7, 11) is 0. The van der Waals surface area contributed by atoms with Crippen LogP contribution >= 0.6 is 0 Å². The second-order valence-corrected chi connectivity index (χ2v) is 2.69. The van der Waals surface area contributed by atoms with Gasteiger partial charge in [0.05, 0.1) is 6.61 Å². The second kappa shape index (κ2) is 5.36. The van der Waals surface area contributed by atoms with E-state index in [0.29, 0.717) is 12.5 Å². The summed E-state index contributed by atoms with van der Waals surface area (Å²) in [6, 6.07) is 1.78. The lowest BCUT2D eigenvalue weighted by Crippen LogP contribution is -2.27. The zero-order valence-electron chi connectivity index (χ0n) is 8.14. The Morgan fingerprint density at radius 2 is 2.43 bits per heavy atom. The molecule has 1 aromatic rings. The third-order valence-electron chi connectivity index (χ3n) is 1.85. The van der Waals surface area contributed by atoms with E-state index in [0.717, 1.165) is 12.4 Å². The number of nitrogen functional groups attached to an aromatic ring is 1. The third-order valence-corrected chi connectivity index (χ3v) is 1.85. The fourth-order valence-electron chi connectivity index (χ4n) is 1.15. The van der Waals surface area contributed by atoms with E-state index in [1.165, 1.54) is 0 Å². The number of anilines is 2. The molecule has 78 valence electrons. The van der Waals surface area contributed by atoms with E-state index in [-0.39, 0.29) is 6.61 Å². The third kappa shape index (κ3) is 2.54. The van der Waals surface area contributed by atoms with E-state index in [9.17, 15) is 0 Å². The Balaban J connectivity index is 2.80. The zero-order chi connectivity index (χ0) is 10.4. The minimum atomic E-state index is 0.100. The summed E-state index contributed by atoms with van der Waals surface area (Å²) < 4.78 is 0. The van der Waals surface area contributed by atoms with E-state index in [2.05, 4.69) is 15.4 Å². The highest BCUT2D eigenvalue weighted by molar-refractivity contribution is 5.41. The quantitative estimate of drug-likeness (QED) is 0.439. The molecule has 0 aliphatic heterocycles. The predicted octanol–water partition coefficient (Wildman–Crippen LogP) is -0.419. The van der Waals surface area contributed by atoms with E-state index >= 15 is 0 Å². The maximum atomic E-state index is 8.83. The van der Waals surface area contributed by atoms with Crippen molar-refractivity contribution in [3.63, 3.8) is 0 Å². The first-order valence-electron chi connectivity index (χ1n) is 4.47. The number of rotatable bonds is 5. The lowest BCUT2D eigenvalue weighted by Gasteiger charge is -2.20. The van der Waals surface area contributed by atoms with Crippen molar-refractivity contribution in [1.29, 1.82) is 0 Å². The zero-order valence-corrected chi connectivity index (χ0v) is 8.14. The van der Waals surface area contributed by atoms with Crippen LogP contribution in [0.1, 0.15) is 6.92 Å². The monoisotopic (exact) mass is 197 g/mol. The number of hydrogen-bond acceptors (Lipinski definition) is 6.